The van der Waals surface area contributed by atoms with E-state index in [0.717, 1.165) is 6.20 Å². The molecule has 4 nitrogen and oxygen atoms in total. The van der Waals surface area contributed by atoms with Crippen LogP contribution < -0.4 is 0 Å². The van der Waals surface area contributed by atoms with Crippen molar-refractivity contribution in [3.8, 4) is 0 Å². The first kappa shape index (κ1) is 11.9. The standard InChI is InChI=1S/C11H9BrFN3O/c1-2-16-10(8(12)6-15-16)11(17)9-4-3-7(13)5-14-9/h3-6H,2H2,1H3. The number of hydrogen-bond acceptors (Lipinski definition) is 3. The normalized spacial score (nSPS) is 10.5. The highest BCUT2D eigenvalue weighted by molar-refractivity contribution is 9.10. The molecule has 2 rings (SSSR count). The Morgan fingerprint density at radius 3 is 2.82 bits per heavy atom. The molecule has 0 unspecified atom stereocenters. The van der Waals surface area contributed by atoms with Crippen molar-refractivity contribution >= 4 is 21.7 Å². The minimum absolute atomic E-state index is 0.197. The van der Waals surface area contributed by atoms with Crippen LogP contribution in [0.4, 0.5) is 4.39 Å². The van der Waals surface area contributed by atoms with Gasteiger partial charge in [-0.15, -0.1) is 0 Å². The summed E-state index contributed by atoms with van der Waals surface area (Å²) < 4.78 is 14.9. The van der Waals surface area contributed by atoms with E-state index in [1.165, 1.54) is 12.1 Å². The van der Waals surface area contributed by atoms with Gasteiger partial charge in [0.2, 0.25) is 5.78 Å². The Balaban J connectivity index is 2.43. The van der Waals surface area contributed by atoms with Gasteiger partial charge in [0.15, 0.2) is 0 Å². The molecule has 0 radical (unpaired) electrons. The third kappa shape index (κ3) is 2.26. The molecule has 0 amide bonds. The third-order valence-electron chi connectivity index (χ3n) is 2.27. The fourth-order valence-electron chi connectivity index (χ4n) is 1.46. The average Bonchev–Trinajstić information content (AvgIpc) is 2.70. The van der Waals surface area contributed by atoms with Gasteiger partial charge in [-0.2, -0.15) is 5.10 Å². The van der Waals surface area contributed by atoms with Crippen molar-refractivity contribution in [1.29, 1.82) is 0 Å². The van der Waals surface area contributed by atoms with Crippen molar-refractivity contribution in [2.75, 3.05) is 0 Å². The van der Waals surface area contributed by atoms with Crippen LogP contribution in [-0.2, 0) is 6.54 Å². The quantitative estimate of drug-likeness (QED) is 0.818. The molecule has 0 fully saturated rings. The predicted molar refractivity (Wildman–Crippen MR) is 63.2 cm³/mol. The lowest BCUT2D eigenvalue weighted by Gasteiger charge is -2.04. The highest BCUT2D eigenvalue weighted by Gasteiger charge is 2.19. The minimum atomic E-state index is -0.468. The molecule has 2 aromatic heterocycles. The first-order chi connectivity index (χ1) is 8.13. The van der Waals surface area contributed by atoms with Gasteiger partial charge in [-0.05, 0) is 35.0 Å². The third-order valence-corrected chi connectivity index (χ3v) is 2.85. The van der Waals surface area contributed by atoms with Crippen molar-refractivity contribution in [2.45, 2.75) is 13.5 Å². The molecule has 0 atom stereocenters. The number of halogens is 2. The van der Waals surface area contributed by atoms with Crippen LogP contribution in [0.1, 0.15) is 23.1 Å². The van der Waals surface area contributed by atoms with Gasteiger partial charge in [-0.3, -0.25) is 9.48 Å². The second kappa shape index (κ2) is 4.75. The van der Waals surface area contributed by atoms with Crippen LogP contribution in [-0.4, -0.2) is 20.5 Å². The number of rotatable bonds is 3. The molecule has 0 saturated heterocycles. The summed E-state index contributed by atoms with van der Waals surface area (Å²) in [6.07, 6.45) is 2.58. The van der Waals surface area contributed by atoms with Gasteiger partial charge in [0.05, 0.1) is 16.9 Å². The first-order valence-electron chi connectivity index (χ1n) is 5.01. The molecule has 0 N–H and O–H groups in total. The lowest BCUT2D eigenvalue weighted by molar-refractivity contribution is 0.102. The number of aryl methyl sites for hydroxylation is 1. The molecular formula is C11H9BrFN3O. The van der Waals surface area contributed by atoms with Crippen LogP contribution in [0.15, 0.2) is 29.0 Å². The van der Waals surface area contributed by atoms with Crippen LogP contribution in [0.3, 0.4) is 0 Å². The Bertz CT molecular complexity index is 550. The Morgan fingerprint density at radius 1 is 1.47 bits per heavy atom. The zero-order valence-corrected chi connectivity index (χ0v) is 10.6. The van der Waals surface area contributed by atoms with Crippen molar-refractivity contribution in [1.82, 2.24) is 14.8 Å². The Morgan fingerprint density at radius 2 is 2.24 bits per heavy atom. The topological polar surface area (TPSA) is 47.8 Å². The molecule has 0 aliphatic heterocycles. The van der Waals surface area contributed by atoms with Crippen molar-refractivity contribution < 1.29 is 9.18 Å². The van der Waals surface area contributed by atoms with E-state index >= 15 is 0 Å². The summed E-state index contributed by atoms with van der Waals surface area (Å²) in [4.78, 5) is 15.9. The van der Waals surface area contributed by atoms with Gasteiger partial charge in [0.1, 0.15) is 17.2 Å². The highest BCUT2D eigenvalue weighted by Crippen LogP contribution is 2.19. The van der Waals surface area contributed by atoms with Gasteiger partial charge >= 0.3 is 0 Å². The molecule has 2 aromatic rings. The number of hydrogen-bond donors (Lipinski definition) is 0. The van der Waals surface area contributed by atoms with Crippen LogP contribution in [0, 0.1) is 5.82 Å². The lowest BCUT2D eigenvalue weighted by Crippen LogP contribution is -2.12. The number of nitrogens with zero attached hydrogens (tertiary/aromatic N) is 3. The van der Waals surface area contributed by atoms with Crippen molar-refractivity contribution in [2.24, 2.45) is 0 Å². The molecular weight excluding hydrogens is 289 g/mol. The van der Waals surface area contributed by atoms with Crippen molar-refractivity contribution in [3.05, 3.63) is 46.2 Å². The number of ketones is 1. The molecule has 0 aromatic carbocycles. The van der Waals surface area contributed by atoms with Gasteiger partial charge in [-0.1, -0.05) is 0 Å². The summed E-state index contributed by atoms with van der Waals surface area (Å²) in [7, 11) is 0. The average molecular weight is 298 g/mol. The molecule has 88 valence electrons. The molecule has 0 aliphatic carbocycles. The molecule has 17 heavy (non-hydrogen) atoms. The summed E-state index contributed by atoms with van der Waals surface area (Å²) in [5.41, 5.74) is 0.619. The summed E-state index contributed by atoms with van der Waals surface area (Å²) in [5, 5.41) is 4.05. The van der Waals surface area contributed by atoms with E-state index in [0.29, 0.717) is 16.7 Å². The van der Waals surface area contributed by atoms with Gasteiger partial charge in [0, 0.05) is 6.54 Å². The molecule has 0 bridgehead atoms. The highest BCUT2D eigenvalue weighted by atomic mass is 79.9. The molecule has 2 heterocycles. The molecule has 0 spiro atoms. The summed E-state index contributed by atoms with van der Waals surface area (Å²) in [5.74, 6) is -0.749. The summed E-state index contributed by atoms with van der Waals surface area (Å²) >= 11 is 3.26. The smallest absolute Gasteiger partial charge is 0.230 e. The van der Waals surface area contributed by atoms with E-state index in [1.807, 2.05) is 6.92 Å². The number of carbonyl (C=O) groups excluding carboxylic acids is 1. The van der Waals surface area contributed by atoms with Gasteiger partial charge in [0.25, 0.3) is 0 Å². The first-order valence-corrected chi connectivity index (χ1v) is 5.80. The Kier molecular flexibility index (Phi) is 3.33. The maximum atomic E-state index is 12.7. The second-order valence-electron chi connectivity index (χ2n) is 3.35. The van der Waals surface area contributed by atoms with Crippen molar-refractivity contribution in [3.63, 3.8) is 0 Å². The van der Waals surface area contributed by atoms with E-state index in [9.17, 15) is 9.18 Å². The maximum Gasteiger partial charge on any atom is 0.230 e. The molecule has 0 saturated carbocycles. The number of aromatic nitrogens is 3. The largest absolute Gasteiger partial charge is 0.285 e. The van der Waals surface area contributed by atoms with E-state index in [-0.39, 0.29) is 11.5 Å². The van der Waals surface area contributed by atoms with Crippen LogP contribution in [0.25, 0.3) is 0 Å². The fourth-order valence-corrected chi connectivity index (χ4v) is 1.94. The van der Waals surface area contributed by atoms with Crippen LogP contribution >= 0.6 is 15.9 Å². The SMILES string of the molecule is CCn1ncc(Br)c1C(=O)c1ccc(F)cn1. The Labute approximate surface area is 106 Å². The Hall–Kier alpha value is -1.56. The predicted octanol–water partition coefficient (Wildman–Crippen LogP) is 2.43. The molecule has 6 heteroatoms. The fraction of sp³-hybridized carbons (Fsp3) is 0.182. The van der Waals surface area contributed by atoms with E-state index in [1.54, 1.807) is 10.9 Å². The summed E-state index contributed by atoms with van der Waals surface area (Å²) in [6.45, 7) is 2.46. The minimum Gasteiger partial charge on any atom is -0.285 e. The van der Waals surface area contributed by atoms with Crippen LogP contribution in [0.2, 0.25) is 0 Å². The van der Waals surface area contributed by atoms with Crippen LogP contribution in [0.5, 0.6) is 0 Å². The second-order valence-corrected chi connectivity index (χ2v) is 4.20. The van der Waals surface area contributed by atoms with E-state index in [4.69, 9.17) is 0 Å². The van der Waals surface area contributed by atoms with E-state index in [2.05, 4.69) is 26.0 Å². The summed E-state index contributed by atoms with van der Waals surface area (Å²) in [6, 6.07) is 2.57. The number of pyridine rings is 1. The maximum absolute atomic E-state index is 12.7. The lowest BCUT2D eigenvalue weighted by atomic mass is 10.2. The number of carbonyl (C=O) groups is 1. The van der Waals surface area contributed by atoms with Gasteiger partial charge in [-0.25, -0.2) is 9.37 Å². The van der Waals surface area contributed by atoms with Gasteiger partial charge < -0.3 is 0 Å². The van der Waals surface area contributed by atoms with E-state index < -0.39 is 5.82 Å². The molecule has 0 aliphatic rings. The zero-order valence-electron chi connectivity index (χ0n) is 9.02. The monoisotopic (exact) mass is 297 g/mol. The zero-order chi connectivity index (χ0) is 12.4.